The molecule has 0 aliphatic carbocycles. The van der Waals surface area contributed by atoms with E-state index in [1.165, 1.54) is 4.68 Å². The van der Waals surface area contributed by atoms with Gasteiger partial charge in [-0.2, -0.15) is 15.0 Å². The monoisotopic (exact) mass is 461 g/mol. The van der Waals surface area contributed by atoms with E-state index >= 15 is 0 Å². The Hall–Kier alpha value is -3.24. The second-order valence-electron chi connectivity index (χ2n) is 7.06. The van der Waals surface area contributed by atoms with E-state index in [2.05, 4.69) is 32.1 Å². The zero-order chi connectivity index (χ0) is 21.3. The van der Waals surface area contributed by atoms with Crippen LogP contribution in [0, 0.1) is 18.3 Å². The smallest absolute Gasteiger partial charge is 0.282 e. The van der Waals surface area contributed by atoms with Crippen molar-refractivity contribution in [3.63, 3.8) is 0 Å². The van der Waals surface area contributed by atoms with E-state index in [0.717, 1.165) is 33.1 Å². The van der Waals surface area contributed by atoms with Gasteiger partial charge in [0.05, 0.1) is 23.2 Å². The Morgan fingerprint density at radius 3 is 2.80 bits per heavy atom. The summed E-state index contributed by atoms with van der Waals surface area (Å²) in [5.41, 5.74) is 3.27. The van der Waals surface area contributed by atoms with Gasteiger partial charge < -0.3 is 4.57 Å². The highest BCUT2D eigenvalue weighted by atomic mass is 79.9. The molecule has 150 valence electrons. The van der Waals surface area contributed by atoms with Crippen LogP contribution < -0.4 is 5.56 Å². The lowest BCUT2D eigenvalue weighted by molar-refractivity contribution is 0.703. The van der Waals surface area contributed by atoms with Gasteiger partial charge in [0.15, 0.2) is 0 Å². The summed E-state index contributed by atoms with van der Waals surface area (Å²) < 4.78 is 4.18. The zero-order valence-corrected chi connectivity index (χ0v) is 18.3. The van der Waals surface area contributed by atoms with Crippen LogP contribution in [0.25, 0.3) is 21.8 Å². The Bertz CT molecular complexity index is 1390. The SMILES string of the molecule is CCCc1nc2ccc(Br)cc2c(=O)n1N=Cc1c(C)n(CC#N)c2ccccc12. The number of halogens is 1. The maximum atomic E-state index is 13.2. The molecule has 0 radical (unpaired) electrons. The van der Waals surface area contributed by atoms with Crippen molar-refractivity contribution in [1.29, 1.82) is 5.26 Å². The highest BCUT2D eigenvalue weighted by Gasteiger charge is 2.14. The van der Waals surface area contributed by atoms with Gasteiger partial charge in [0.2, 0.25) is 0 Å². The molecule has 6 nitrogen and oxygen atoms in total. The molecule has 0 saturated heterocycles. The lowest BCUT2D eigenvalue weighted by Gasteiger charge is -2.08. The Balaban J connectivity index is 1.92. The summed E-state index contributed by atoms with van der Waals surface area (Å²) in [6, 6.07) is 15.6. The third-order valence-electron chi connectivity index (χ3n) is 5.16. The van der Waals surface area contributed by atoms with Gasteiger partial charge >= 0.3 is 0 Å². The molecule has 0 aliphatic rings. The van der Waals surface area contributed by atoms with E-state index in [1.54, 1.807) is 12.3 Å². The number of nitriles is 1. The van der Waals surface area contributed by atoms with Crippen molar-refractivity contribution in [3.8, 4) is 6.07 Å². The summed E-state index contributed by atoms with van der Waals surface area (Å²) in [7, 11) is 0. The first-order valence-corrected chi connectivity index (χ1v) is 10.5. The molecule has 0 amide bonds. The number of para-hydroxylation sites is 1. The van der Waals surface area contributed by atoms with E-state index in [0.29, 0.717) is 23.1 Å². The van der Waals surface area contributed by atoms with Gasteiger partial charge in [-0.05, 0) is 37.6 Å². The average Bonchev–Trinajstić information content (AvgIpc) is 3.00. The van der Waals surface area contributed by atoms with Crippen molar-refractivity contribution in [3.05, 3.63) is 74.4 Å². The number of rotatable bonds is 5. The number of fused-ring (bicyclic) bond motifs is 2. The van der Waals surface area contributed by atoms with Crippen LogP contribution in [0.5, 0.6) is 0 Å². The van der Waals surface area contributed by atoms with Crippen LogP contribution in [-0.4, -0.2) is 20.4 Å². The van der Waals surface area contributed by atoms with Crippen LogP contribution >= 0.6 is 15.9 Å². The summed E-state index contributed by atoms with van der Waals surface area (Å²) in [6.07, 6.45) is 3.20. The predicted octanol–water partition coefficient (Wildman–Crippen LogP) is 4.78. The Morgan fingerprint density at radius 2 is 2.03 bits per heavy atom. The van der Waals surface area contributed by atoms with Crippen LogP contribution in [0.4, 0.5) is 0 Å². The van der Waals surface area contributed by atoms with Crippen LogP contribution in [-0.2, 0) is 13.0 Å². The minimum atomic E-state index is -0.195. The fourth-order valence-electron chi connectivity index (χ4n) is 3.71. The van der Waals surface area contributed by atoms with Crippen molar-refractivity contribution in [2.45, 2.75) is 33.2 Å². The topological polar surface area (TPSA) is 76.0 Å². The predicted molar refractivity (Wildman–Crippen MR) is 123 cm³/mol. The fourth-order valence-corrected chi connectivity index (χ4v) is 4.07. The first kappa shape index (κ1) is 20.0. The first-order valence-electron chi connectivity index (χ1n) is 9.75. The molecule has 4 rings (SSSR count). The zero-order valence-electron chi connectivity index (χ0n) is 16.8. The van der Waals surface area contributed by atoms with Gasteiger partial charge in [-0.15, -0.1) is 0 Å². The molecule has 0 bridgehead atoms. The third-order valence-corrected chi connectivity index (χ3v) is 5.65. The van der Waals surface area contributed by atoms with Gasteiger partial charge in [0.25, 0.3) is 5.56 Å². The summed E-state index contributed by atoms with van der Waals surface area (Å²) >= 11 is 3.43. The number of benzene rings is 2. The van der Waals surface area contributed by atoms with Gasteiger partial charge in [-0.1, -0.05) is 41.1 Å². The summed E-state index contributed by atoms with van der Waals surface area (Å²) in [5.74, 6) is 0.631. The lowest BCUT2D eigenvalue weighted by atomic mass is 10.1. The number of nitrogens with zero attached hydrogens (tertiary/aromatic N) is 5. The van der Waals surface area contributed by atoms with Crippen LogP contribution in [0.3, 0.4) is 0 Å². The Morgan fingerprint density at radius 1 is 1.23 bits per heavy atom. The summed E-state index contributed by atoms with van der Waals surface area (Å²) in [5, 5.41) is 15.3. The molecule has 0 aliphatic heterocycles. The molecule has 0 saturated carbocycles. The van der Waals surface area contributed by atoms with E-state index < -0.39 is 0 Å². The normalized spacial score (nSPS) is 11.5. The molecule has 7 heteroatoms. The molecule has 0 atom stereocenters. The van der Waals surface area contributed by atoms with Crippen LogP contribution in [0.1, 0.15) is 30.4 Å². The number of hydrogen-bond donors (Lipinski definition) is 0. The maximum absolute atomic E-state index is 13.2. The molecule has 0 spiro atoms. The van der Waals surface area contributed by atoms with Crippen molar-refractivity contribution in [2.24, 2.45) is 5.10 Å². The van der Waals surface area contributed by atoms with Gasteiger partial charge in [0, 0.05) is 33.1 Å². The summed E-state index contributed by atoms with van der Waals surface area (Å²) in [4.78, 5) is 17.9. The maximum Gasteiger partial charge on any atom is 0.282 e. The average molecular weight is 462 g/mol. The molecule has 2 aromatic heterocycles. The number of aromatic nitrogens is 3. The number of aryl methyl sites for hydroxylation is 1. The Labute approximate surface area is 182 Å². The second kappa shape index (κ2) is 8.25. The van der Waals surface area contributed by atoms with Gasteiger partial charge in [-0.25, -0.2) is 4.98 Å². The van der Waals surface area contributed by atoms with Crippen molar-refractivity contribution in [1.82, 2.24) is 14.2 Å². The van der Waals surface area contributed by atoms with Crippen molar-refractivity contribution < 1.29 is 0 Å². The summed E-state index contributed by atoms with van der Waals surface area (Å²) in [6.45, 7) is 4.27. The fraction of sp³-hybridized carbons (Fsp3) is 0.217. The van der Waals surface area contributed by atoms with Crippen molar-refractivity contribution >= 4 is 44.0 Å². The first-order chi connectivity index (χ1) is 14.5. The van der Waals surface area contributed by atoms with Gasteiger partial charge in [0.1, 0.15) is 12.4 Å². The molecular weight excluding hydrogens is 442 g/mol. The van der Waals surface area contributed by atoms with Gasteiger partial charge in [-0.3, -0.25) is 4.79 Å². The standard InChI is InChI=1S/C23H20BrN5O/c1-3-6-22-27-20-10-9-16(24)13-18(20)23(30)29(22)26-14-19-15(2)28(12-11-25)21-8-5-4-7-17(19)21/h4-5,7-10,13-14H,3,6,12H2,1-2H3. The van der Waals surface area contributed by atoms with E-state index in [-0.39, 0.29) is 12.1 Å². The molecule has 4 aromatic rings. The lowest BCUT2D eigenvalue weighted by Crippen LogP contribution is -2.22. The molecule has 2 aromatic carbocycles. The second-order valence-corrected chi connectivity index (χ2v) is 7.98. The quantitative estimate of drug-likeness (QED) is 0.401. The minimum absolute atomic E-state index is 0.195. The third kappa shape index (κ3) is 3.44. The van der Waals surface area contributed by atoms with Crippen LogP contribution in [0.15, 0.2) is 56.8 Å². The Kier molecular flexibility index (Phi) is 5.51. The number of hydrogen-bond acceptors (Lipinski definition) is 4. The van der Waals surface area contributed by atoms with E-state index in [1.807, 2.05) is 54.8 Å². The molecular formula is C23H20BrN5O. The van der Waals surface area contributed by atoms with E-state index in [9.17, 15) is 10.1 Å². The van der Waals surface area contributed by atoms with E-state index in [4.69, 9.17) is 0 Å². The molecule has 0 fully saturated rings. The minimum Gasteiger partial charge on any atom is -0.330 e. The highest BCUT2D eigenvalue weighted by molar-refractivity contribution is 9.10. The molecule has 30 heavy (non-hydrogen) atoms. The molecule has 2 heterocycles. The van der Waals surface area contributed by atoms with Crippen molar-refractivity contribution in [2.75, 3.05) is 0 Å². The molecule has 0 unspecified atom stereocenters. The largest absolute Gasteiger partial charge is 0.330 e. The molecule has 0 N–H and O–H groups in total. The highest BCUT2D eigenvalue weighted by Crippen LogP contribution is 2.24. The van der Waals surface area contributed by atoms with Crippen LogP contribution in [0.2, 0.25) is 0 Å².